The number of aryl methyl sites for hydroxylation is 2. The minimum Gasteiger partial charge on any atom is -0.376 e. The quantitative estimate of drug-likeness (QED) is 0.708. The zero-order valence-corrected chi connectivity index (χ0v) is 16.5. The zero-order valence-electron chi connectivity index (χ0n) is 15.7. The van der Waals surface area contributed by atoms with Gasteiger partial charge in [0.2, 0.25) is 0 Å². The average Bonchev–Trinajstić information content (AvgIpc) is 3.22. The van der Waals surface area contributed by atoms with E-state index in [-0.39, 0.29) is 0 Å². The van der Waals surface area contributed by atoms with Crippen molar-refractivity contribution in [2.24, 2.45) is 0 Å². The standard InChI is InChI=1S/C19H28N4OS/c1-14-7-8-15(2)16(10-14)11-22(3)13-18-20-21-19(25-4)23(18)12-17-6-5-9-24-17/h7-8,10,17H,5-6,9,11-13H2,1-4H3/t17-/m0/s1. The Morgan fingerprint density at radius 1 is 1.28 bits per heavy atom. The minimum atomic E-state index is 0.296. The first-order chi connectivity index (χ1) is 12.1. The van der Waals surface area contributed by atoms with Crippen LogP contribution in [0.25, 0.3) is 0 Å². The lowest BCUT2D eigenvalue weighted by atomic mass is 10.1. The molecule has 6 heteroatoms. The molecule has 0 saturated carbocycles. The largest absolute Gasteiger partial charge is 0.376 e. The van der Waals surface area contributed by atoms with Gasteiger partial charge in [0.15, 0.2) is 5.16 Å². The molecule has 1 atom stereocenters. The predicted molar refractivity (Wildman–Crippen MR) is 102 cm³/mol. The molecule has 1 aliphatic rings. The molecule has 1 aromatic carbocycles. The van der Waals surface area contributed by atoms with Crippen LogP contribution in [0.5, 0.6) is 0 Å². The number of thioether (sulfide) groups is 1. The van der Waals surface area contributed by atoms with E-state index in [1.165, 1.54) is 16.7 Å². The Bertz CT molecular complexity index is 709. The summed E-state index contributed by atoms with van der Waals surface area (Å²) in [6.07, 6.45) is 4.64. The van der Waals surface area contributed by atoms with Gasteiger partial charge in [0.25, 0.3) is 0 Å². The highest BCUT2D eigenvalue weighted by molar-refractivity contribution is 7.98. The van der Waals surface area contributed by atoms with Gasteiger partial charge in [0, 0.05) is 13.2 Å². The third kappa shape index (κ3) is 4.63. The first-order valence-electron chi connectivity index (χ1n) is 8.89. The topological polar surface area (TPSA) is 43.2 Å². The maximum Gasteiger partial charge on any atom is 0.191 e. The van der Waals surface area contributed by atoms with Gasteiger partial charge in [-0.15, -0.1) is 10.2 Å². The SMILES string of the molecule is CSc1nnc(CN(C)Cc2cc(C)ccc2C)n1C[C@@H]1CCCO1. The lowest BCUT2D eigenvalue weighted by Gasteiger charge is -2.20. The average molecular weight is 361 g/mol. The molecule has 0 radical (unpaired) electrons. The van der Waals surface area contributed by atoms with Crippen molar-refractivity contribution in [1.82, 2.24) is 19.7 Å². The maximum atomic E-state index is 5.81. The maximum absolute atomic E-state index is 5.81. The van der Waals surface area contributed by atoms with Gasteiger partial charge in [-0.2, -0.15) is 0 Å². The van der Waals surface area contributed by atoms with E-state index in [2.05, 4.69) is 65.0 Å². The Labute approximate surface area is 154 Å². The van der Waals surface area contributed by atoms with Crippen molar-refractivity contribution in [3.63, 3.8) is 0 Å². The van der Waals surface area contributed by atoms with E-state index in [9.17, 15) is 0 Å². The molecule has 1 saturated heterocycles. The number of ether oxygens (including phenoxy) is 1. The van der Waals surface area contributed by atoms with Crippen LogP contribution in [-0.4, -0.2) is 45.7 Å². The Kier molecular flexibility index (Phi) is 6.15. The van der Waals surface area contributed by atoms with Gasteiger partial charge < -0.3 is 9.30 Å². The summed E-state index contributed by atoms with van der Waals surface area (Å²) in [6.45, 7) is 7.75. The zero-order chi connectivity index (χ0) is 17.8. The fraction of sp³-hybridized carbons (Fsp3) is 0.579. The van der Waals surface area contributed by atoms with Crippen LogP contribution in [0.3, 0.4) is 0 Å². The lowest BCUT2D eigenvalue weighted by Crippen LogP contribution is -2.23. The van der Waals surface area contributed by atoms with Crippen LogP contribution >= 0.6 is 11.8 Å². The smallest absolute Gasteiger partial charge is 0.191 e. The third-order valence-corrected chi connectivity index (χ3v) is 5.41. The van der Waals surface area contributed by atoms with Crippen LogP contribution in [0.4, 0.5) is 0 Å². The van der Waals surface area contributed by atoms with Crippen LogP contribution in [0, 0.1) is 13.8 Å². The van der Waals surface area contributed by atoms with Crippen molar-refractivity contribution in [1.29, 1.82) is 0 Å². The first kappa shape index (κ1) is 18.4. The van der Waals surface area contributed by atoms with Crippen molar-refractivity contribution in [3.8, 4) is 0 Å². The molecule has 136 valence electrons. The number of benzene rings is 1. The number of hydrogen-bond donors (Lipinski definition) is 0. The van der Waals surface area contributed by atoms with E-state index >= 15 is 0 Å². The van der Waals surface area contributed by atoms with Crippen molar-refractivity contribution in [2.45, 2.75) is 57.6 Å². The molecular formula is C19H28N4OS. The van der Waals surface area contributed by atoms with Crippen LogP contribution < -0.4 is 0 Å². The fourth-order valence-corrected chi connectivity index (χ4v) is 3.84. The number of aromatic nitrogens is 3. The second-order valence-electron chi connectivity index (χ2n) is 6.95. The van der Waals surface area contributed by atoms with E-state index in [0.717, 1.165) is 50.1 Å². The van der Waals surface area contributed by atoms with Crippen molar-refractivity contribution < 1.29 is 4.74 Å². The first-order valence-corrected chi connectivity index (χ1v) is 10.1. The molecule has 1 aromatic heterocycles. The molecule has 0 N–H and O–H groups in total. The Morgan fingerprint density at radius 3 is 2.84 bits per heavy atom. The van der Waals surface area contributed by atoms with Gasteiger partial charge in [0.1, 0.15) is 5.82 Å². The number of rotatable bonds is 7. The molecular weight excluding hydrogens is 332 g/mol. The Balaban J connectivity index is 1.71. The molecule has 0 aliphatic carbocycles. The fourth-order valence-electron chi connectivity index (χ4n) is 3.32. The van der Waals surface area contributed by atoms with E-state index in [0.29, 0.717) is 6.10 Å². The molecule has 1 fully saturated rings. The summed E-state index contributed by atoms with van der Waals surface area (Å²) in [6, 6.07) is 6.64. The highest BCUT2D eigenvalue weighted by Gasteiger charge is 2.21. The number of nitrogens with zero attached hydrogens (tertiary/aromatic N) is 4. The summed E-state index contributed by atoms with van der Waals surface area (Å²) >= 11 is 1.65. The molecule has 0 unspecified atom stereocenters. The second kappa shape index (κ2) is 8.34. The lowest BCUT2D eigenvalue weighted by molar-refractivity contribution is 0.0934. The third-order valence-electron chi connectivity index (χ3n) is 4.74. The van der Waals surface area contributed by atoms with Crippen LogP contribution in [0.1, 0.15) is 35.4 Å². The number of hydrogen-bond acceptors (Lipinski definition) is 5. The molecule has 5 nitrogen and oxygen atoms in total. The van der Waals surface area contributed by atoms with Gasteiger partial charge in [-0.25, -0.2) is 0 Å². The molecule has 0 bridgehead atoms. The Hall–Kier alpha value is -1.37. The van der Waals surface area contributed by atoms with Gasteiger partial charge in [0.05, 0.1) is 19.2 Å². The van der Waals surface area contributed by atoms with Crippen LogP contribution in [-0.2, 0) is 24.4 Å². The van der Waals surface area contributed by atoms with Gasteiger partial charge >= 0.3 is 0 Å². The molecule has 0 amide bonds. The van der Waals surface area contributed by atoms with Crippen molar-refractivity contribution in [3.05, 3.63) is 40.7 Å². The summed E-state index contributed by atoms with van der Waals surface area (Å²) < 4.78 is 8.05. The predicted octanol–water partition coefficient (Wildman–Crippen LogP) is 3.43. The van der Waals surface area contributed by atoms with Gasteiger partial charge in [-0.05, 0) is 51.1 Å². The molecule has 25 heavy (non-hydrogen) atoms. The minimum absolute atomic E-state index is 0.296. The summed E-state index contributed by atoms with van der Waals surface area (Å²) in [4.78, 5) is 2.31. The van der Waals surface area contributed by atoms with E-state index in [1.807, 2.05) is 0 Å². The molecule has 3 rings (SSSR count). The monoisotopic (exact) mass is 360 g/mol. The molecule has 2 aromatic rings. The summed E-state index contributed by atoms with van der Waals surface area (Å²) in [7, 11) is 2.14. The molecule has 0 spiro atoms. The van der Waals surface area contributed by atoms with Crippen LogP contribution in [0.15, 0.2) is 23.4 Å². The van der Waals surface area contributed by atoms with E-state index < -0.39 is 0 Å². The van der Waals surface area contributed by atoms with E-state index in [4.69, 9.17) is 4.74 Å². The van der Waals surface area contributed by atoms with Crippen molar-refractivity contribution >= 4 is 11.8 Å². The molecule has 2 heterocycles. The normalized spacial score (nSPS) is 17.6. The van der Waals surface area contributed by atoms with E-state index in [1.54, 1.807) is 11.8 Å². The summed E-state index contributed by atoms with van der Waals surface area (Å²) in [5, 5.41) is 9.79. The molecule has 1 aliphatic heterocycles. The highest BCUT2D eigenvalue weighted by Crippen LogP contribution is 2.21. The Morgan fingerprint density at radius 2 is 2.12 bits per heavy atom. The van der Waals surface area contributed by atoms with Crippen LogP contribution in [0.2, 0.25) is 0 Å². The van der Waals surface area contributed by atoms with Crippen molar-refractivity contribution in [2.75, 3.05) is 19.9 Å². The summed E-state index contributed by atoms with van der Waals surface area (Å²) in [5.74, 6) is 1.02. The summed E-state index contributed by atoms with van der Waals surface area (Å²) in [5.41, 5.74) is 4.01. The second-order valence-corrected chi connectivity index (χ2v) is 7.72. The highest BCUT2D eigenvalue weighted by atomic mass is 32.2. The van der Waals surface area contributed by atoms with Gasteiger partial charge in [-0.3, -0.25) is 4.90 Å². The van der Waals surface area contributed by atoms with Gasteiger partial charge in [-0.1, -0.05) is 35.5 Å².